The van der Waals surface area contributed by atoms with E-state index in [1.165, 1.54) is 22.3 Å². The minimum absolute atomic E-state index is 0.0409. The van der Waals surface area contributed by atoms with Crippen LogP contribution in [0.1, 0.15) is 77.4 Å². The summed E-state index contributed by atoms with van der Waals surface area (Å²) in [6.45, 7) is 4.34. The number of hydrogen-bond donors (Lipinski definition) is 0. The summed E-state index contributed by atoms with van der Waals surface area (Å²) >= 11 is 0. The van der Waals surface area contributed by atoms with Crippen molar-refractivity contribution < 1.29 is 65.9 Å². The summed E-state index contributed by atoms with van der Waals surface area (Å²) < 4.78 is 57.8. The first kappa shape index (κ1) is 50.6. The molecule has 0 aromatic heterocycles. The Hall–Kier alpha value is -5.86. The van der Waals surface area contributed by atoms with Crippen LogP contribution in [0.5, 0.6) is 46.0 Å². The number of hydrogen-bond acceptors (Lipinski definition) is 12. The summed E-state index contributed by atoms with van der Waals surface area (Å²) in [5, 5.41) is 0. The van der Waals surface area contributed by atoms with Crippen molar-refractivity contribution in [3.8, 4) is 46.0 Å². The van der Waals surface area contributed by atoms with Gasteiger partial charge in [-0.25, -0.2) is 0 Å². The van der Waals surface area contributed by atoms with Gasteiger partial charge >= 0.3 is 11.9 Å². The SMILES string of the molecule is COc1ccc(C[C@@H]2C[N@+](C)(CCC(=O)OCCCCCOC(=O)CC[N@+]3(C)CCc4cc(OC)c(OC)cc4[C@@H]3Cc3ccc(OC)c(OC)c3)Cc3cc(OC)c(OC)cc32)cc1OC. The highest BCUT2D eigenvalue weighted by atomic mass is 16.5. The van der Waals surface area contributed by atoms with E-state index in [-0.39, 0.29) is 23.9 Å². The fraction of sp³-hybridized carbons (Fsp3) is 0.509. The summed E-state index contributed by atoms with van der Waals surface area (Å²) in [5.74, 6) is 5.25. The van der Waals surface area contributed by atoms with E-state index in [0.717, 1.165) is 56.4 Å². The Morgan fingerprint density at radius 1 is 0.522 bits per heavy atom. The molecule has 0 bridgehead atoms. The van der Waals surface area contributed by atoms with Crippen molar-refractivity contribution in [2.24, 2.45) is 0 Å². The molecule has 0 aliphatic carbocycles. The number of rotatable bonds is 24. The molecule has 2 heterocycles. The van der Waals surface area contributed by atoms with E-state index in [1.807, 2.05) is 24.3 Å². The molecule has 0 fully saturated rings. The molecule has 0 spiro atoms. The predicted molar refractivity (Wildman–Crippen MR) is 255 cm³/mol. The van der Waals surface area contributed by atoms with Gasteiger partial charge in [0.25, 0.3) is 0 Å². The first-order valence-electron chi connectivity index (χ1n) is 23.2. The summed E-state index contributed by atoms with van der Waals surface area (Å²) in [4.78, 5) is 26.3. The molecule has 4 aromatic carbocycles. The highest BCUT2D eigenvalue weighted by Gasteiger charge is 2.41. The quantitative estimate of drug-likeness (QED) is 0.0383. The van der Waals surface area contributed by atoms with Crippen LogP contribution < -0.4 is 37.9 Å². The molecule has 0 saturated heterocycles. The molecule has 6 rings (SSSR count). The van der Waals surface area contributed by atoms with Crippen molar-refractivity contribution in [1.29, 1.82) is 0 Å². The number of likely N-dealkylation sites (N-methyl/N-ethyl adjacent to an activating group) is 2. The van der Waals surface area contributed by atoms with Gasteiger partial charge in [0.15, 0.2) is 46.0 Å². The van der Waals surface area contributed by atoms with Gasteiger partial charge in [0, 0.05) is 29.9 Å². The van der Waals surface area contributed by atoms with Crippen molar-refractivity contribution in [3.63, 3.8) is 0 Å². The Kier molecular flexibility index (Phi) is 17.5. The second kappa shape index (κ2) is 23.2. The van der Waals surface area contributed by atoms with E-state index in [9.17, 15) is 9.59 Å². The molecule has 0 unspecified atom stereocenters. The van der Waals surface area contributed by atoms with E-state index in [0.29, 0.717) is 107 Å². The van der Waals surface area contributed by atoms with E-state index in [1.54, 1.807) is 56.9 Å². The fourth-order valence-electron chi connectivity index (χ4n) is 9.96. The molecule has 2 aliphatic heterocycles. The third-order valence-corrected chi connectivity index (χ3v) is 13.8. The smallest absolute Gasteiger partial charge is 0.311 e. The summed E-state index contributed by atoms with van der Waals surface area (Å²) in [6.07, 6.45) is 5.10. The number of unbranched alkanes of at least 4 members (excludes halogenated alkanes) is 2. The molecule has 0 N–H and O–H groups in total. The maximum Gasteiger partial charge on any atom is 0.311 e. The van der Waals surface area contributed by atoms with Crippen LogP contribution in [0.3, 0.4) is 0 Å². The summed E-state index contributed by atoms with van der Waals surface area (Å²) in [6, 6.07) is 20.5. The fourth-order valence-corrected chi connectivity index (χ4v) is 9.96. The first-order chi connectivity index (χ1) is 32.3. The van der Waals surface area contributed by atoms with Gasteiger partial charge in [-0.15, -0.1) is 0 Å². The molecular weight excluding hydrogens is 857 g/mol. The number of carbonyl (C=O) groups is 2. The van der Waals surface area contributed by atoms with Crippen molar-refractivity contribution >= 4 is 11.9 Å². The van der Waals surface area contributed by atoms with Crippen molar-refractivity contribution in [2.45, 2.75) is 69.9 Å². The highest BCUT2D eigenvalue weighted by Crippen LogP contribution is 2.44. The van der Waals surface area contributed by atoms with Crippen LogP contribution >= 0.6 is 0 Å². The van der Waals surface area contributed by atoms with Crippen LogP contribution in [0.25, 0.3) is 0 Å². The molecule has 67 heavy (non-hydrogen) atoms. The number of ether oxygens (including phenoxy) is 10. The van der Waals surface area contributed by atoms with E-state index >= 15 is 0 Å². The normalized spacial score (nSPS) is 19.6. The molecule has 2 aliphatic rings. The lowest BCUT2D eigenvalue weighted by atomic mass is 9.83. The van der Waals surface area contributed by atoms with Crippen LogP contribution in [0, 0.1) is 0 Å². The molecule has 14 nitrogen and oxygen atoms in total. The lowest BCUT2D eigenvalue weighted by molar-refractivity contribution is -0.940. The van der Waals surface area contributed by atoms with Crippen LogP contribution in [-0.4, -0.2) is 131 Å². The second-order valence-corrected chi connectivity index (χ2v) is 18.2. The van der Waals surface area contributed by atoms with Gasteiger partial charge in [-0.2, -0.15) is 0 Å². The minimum Gasteiger partial charge on any atom is -0.493 e. The van der Waals surface area contributed by atoms with Gasteiger partial charge in [0.05, 0.1) is 123 Å². The summed E-state index contributed by atoms with van der Waals surface area (Å²) in [7, 11) is 17.6. The monoisotopic (exact) mass is 929 g/mol. The molecule has 364 valence electrons. The number of quaternary nitrogens is 2. The molecular formula is C53H72N2O12+2. The zero-order valence-electron chi connectivity index (χ0n) is 41.3. The number of carbonyl (C=O) groups excluding carboxylic acids is 2. The lowest BCUT2D eigenvalue weighted by Crippen LogP contribution is -2.53. The first-order valence-corrected chi connectivity index (χ1v) is 23.2. The lowest BCUT2D eigenvalue weighted by Gasteiger charge is -2.46. The molecule has 4 aromatic rings. The Labute approximate surface area is 397 Å². The van der Waals surface area contributed by atoms with Gasteiger partial charge in [0.2, 0.25) is 0 Å². The maximum atomic E-state index is 13.2. The minimum atomic E-state index is -0.214. The Balaban J connectivity index is 0.970. The van der Waals surface area contributed by atoms with Gasteiger partial charge in [-0.1, -0.05) is 12.1 Å². The average molecular weight is 929 g/mol. The Bertz CT molecular complexity index is 2320. The van der Waals surface area contributed by atoms with Gasteiger partial charge < -0.3 is 56.3 Å². The van der Waals surface area contributed by atoms with Crippen molar-refractivity contribution in [1.82, 2.24) is 0 Å². The Morgan fingerprint density at radius 2 is 0.985 bits per heavy atom. The molecule has 0 amide bonds. The number of benzene rings is 4. The molecule has 0 radical (unpaired) electrons. The van der Waals surface area contributed by atoms with Crippen molar-refractivity contribution in [2.75, 3.05) is 110 Å². The highest BCUT2D eigenvalue weighted by molar-refractivity contribution is 5.69. The number of methoxy groups -OCH3 is 8. The van der Waals surface area contributed by atoms with E-state index in [2.05, 4.69) is 50.5 Å². The third kappa shape index (κ3) is 12.4. The Morgan fingerprint density at radius 3 is 1.52 bits per heavy atom. The van der Waals surface area contributed by atoms with Crippen LogP contribution in [-0.2, 0) is 44.9 Å². The van der Waals surface area contributed by atoms with Gasteiger partial charge in [-0.05, 0) is 96.5 Å². The molecule has 14 heteroatoms. The number of fused-ring (bicyclic) bond motifs is 2. The zero-order valence-corrected chi connectivity index (χ0v) is 41.3. The van der Waals surface area contributed by atoms with Crippen molar-refractivity contribution in [3.05, 3.63) is 94.0 Å². The van der Waals surface area contributed by atoms with E-state index < -0.39 is 0 Å². The van der Waals surface area contributed by atoms with Gasteiger partial charge in [-0.3, -0.25) is 9.59 Å². The van der Waals surface area contributed by atoms with Crippen LogP contribution in [0.2, 0.25) is 0 Å². The molecule has 4 atom stereocenters. The summed E-state index contributed by atoms with van der Waals surface area (Å²) in [5.41, 5.74) is 7.03. The van der Waals surface area contributed by atoms with Gasteiger partial charge in [0.1, 0.15) is 12.6 Å². The zero-order chi connectivity index (χ0) is 48.1. The predicted octanol–water partition coefficient (Wildman–Crippen LogP) is 8.07. The number of nitrogens with zero attached hydrogens (tertiary/aromatic N) is 2. The maximum absolute atomic E-state index is 13.2. The second-order valence-electron chi connectivity index (χ2n) is 18.2. The topological polar surface area (TPSA) is 126 Å². The molecule has 0 saturated carbocycles. The van der Waals surface area contributed by atoms with E-state index in [4.69, 9.17) is 47.4 Å². The standard InChI is InChI=1S/C53H72N2O12/c1-54(34-39(26-36-14-16-44(58-3)46(28-36)60-5)41-32-50(64-9)49(63-8)31-40(41)35-54)21-19-52(56)66-24-12-11-13-25-67-53(57)20-23-55(2)22-18-38-30-48(62-7)51(65-10)33-42(38)43(55)27-37-15-17-45(59-4)47(29-37)61-6/h14-17,28-33,39,43H,11-13,18-27,34-35H2,1-10H3/q+2/t39-,43+,54+,55+/m1/s1. The third-order valence-electron chi connectivity index (χ3n) is 13.8. The largest absolute Gasteiger partial charge is 0.493 e. The van der Waals surface area contributed by atoms with Crippen LogP contribution in [0.4, 0.5) is 0 Å². The van der Waals surface area contributed by atoms with Crippen LogP contribution in [0.15, 0.2) is 60.7 Å². The average Bonchev–Trinajstić information content (AvgIpc) is 3.34. The number of esters is 2.